The van der Waals surface area contributed by atoms with Crippen LogP contribution in [0.5, 0.6) is 5.75 Å². The number of benzene rings is 1. The third-order valence-electron chi connectivity index (χ3n) is 3.88. The Morgan fingerprint density at radius 1 is 1.38 bits per heavy atom. The van der Waals surface area contributed by atoms with Crippen molar-refractivity contribution in [2.45, 2.75) is 37.5 Å². The lowest BCUT2D eigenvalue weighted by atomic mass is 9.95. The maximum absolute atomic E-state index is 12.2. The van der Waals surface area contributed by atoms with Gasteiger partial charge in [0.25, 0.3) is 5.91 Å². The minimum atomic E-state index is -1.05. The molecule has 3 atom stereocenters. The fourth-order valence-corrected chi connectivity index (χ4v) is 2.91. The summed E-state index contributed by atoms with van der Waals surface area (Å²) in [7, 11) is 0. The van der Waals surface area contributed by atoms with Gasteiger partial charge >= 0.3 is 5.97 Å². The van der Waals surface area contributed by atoms with Crippen molar-refractivity contribution in [3.63, 3.8) is 0 Å². The number of aliphatic carboxylic acids is 1. The van der Waals surface area contributed by atoms with Gasteiger partial charge in [-0.25, -0.2) is 4.79 Å². The molecule has 2 fully saturated rings. The zero-order chi connectivity index (χ0) is 14.8. The molecule has 0 unspecified atom stereocenters. The van der Waals surface area contributed by atoms with Crippen LogP contribution < -0.4 is 10.1 Å². The van der Waals surface area contributed by atoms with Crippen LogP contribution in [0.3, 0.4) is 0 Å². The first-order valence-corrected chi connectivity index (χ1v) is 7.03. The summed E-state index contributed by atoms with van der Waals surface area (Å²) >= 11 is 0. The second-order valence-electron chi connectivity index (χ2n) is 5.40. The Kier molecular flexibility index (Phi) is 3.79. The lowest BCUT2D eigenvalue weighted by molar-refractivity contribution is -0.139. The molecule has 1 amide bonds. The van der Waals surface area contributed by atoms with Crippen LogP contribution in [0.4, 0.5) is 0 Å². The molecule has 112 valence electrons. The van der Waals surface area contributed by atoms with Gasteiger partial charge in [-0.05, 0) is 37.5 Å². The van der Waals surface area contributed by atoms with E-state index in [-0.39, 0.29) is 24.2 Å². The molecule has 1 aromatic carbocycles. The van der Waals surface area contributed by atoms with Gasteiger partial charge < -0.3 is 19.9 Å². The number of hydrogen-bond acceptors (Lipinski definition) is 4. The zero-order valence-corrected chi connectivity index (χ0v) is 11.5. The highest BCUT2D eigenvalue weighted by atomic mass is 16.5. The van der Waals surface area contributed by atoms with E-state index in [4.69, 9.17) is 14.6 Å². The molecule has 0 saturated carbocycles. The van der Waals surface area contributed by atoms with Crippen molar-refractivity contribution >= 4 is 11.9 Å². The highest BCUT2D eigenvalue weighted by molar-refractivity contribution is 5.94. The molecule has 2 N–H and O–H groups in total. The summed E-state index contributed by atoms with van der Waals surface area (Å²) in [4.78, 5) is 22.7. The van der Waals surface area contributed by atoms with Crippen molar-refractivity contribution in [1.29, 1.82) is 0 Å². The summed E-state index contributed by atoms with van der Waals surface area (Å²) in [6.07, 6.45) is 3.36. The molecular weight excluding hydrogens is 274 g/mol. The monoisotopic (exact) mass is 291 g/mol. The van der Waals surface area contributed by atoms with Gasteiger partial charge in [-0.2, -0.15) is 0 Å². The van der Waals surface area contributed by atoms with Gasteiger partial charge in [-0.15, -0.1) is 0 Å². The zero-order valence-electron chi connectivity index (χ0n) is 11.5. The van der Waals surface area contributed by atoms with Gasteiger partial charge in [0.15, 0.2) is 6.61 Å². The Labute approximate surface area is 122 Å². The lowest BCUT2D eigenvalue weighted by Crippen LogP contribution is -2.41. The number of carbonyl (C=O) groups is 2. The van der Waals surface area contributed by atoms with Crippen molar-refractivity contribution in [3.05, 3.63) is 29.8 Å². The number of carbonyl (C=O) groups excluding carboxylic acids is 1. The average Bonchev–Trinajstić information content (AvgIpc) is 3.08. The fourth-order valence-electron chi connectivity index (χ4n) is 2.91. The first kappa shape index (κ1) is 13.9. The smallest absolute Gasteiger partial charge is 0.341 e. The van der Waals surface area contributed by atoms with E-state index in [1.54, 1.807) is 24.3 Å². The van der Waals surface area contributed by atoms with Crippen LogP contribution in [0.1, 0.15) is 29.6 Å². The second-order valence-corrected chi connectivity index (χ2v) is 5.40. The quantitative estimate of drug-likeness (QED) is 0.851. The predicted molar refractivity (Wildman–Crippen MR) is 73.3 cm³/mol. The van der Waals surface area contributed by atoms with E-state index >= 15 is 0 Å². The van der Waals surface area contributed by atoms with Gasteiger partial charge in [0, 0.05) is 5.56 Å². The molecule has 0 radical (unpaired) electrons. The highest BCUT2D eigenvalue weighted by Crippen LogP contribution is 2.34. The number of rotatable bonds is 5. The molecule has 0 aromatic heterocycles. The number of ether oxygens (including phenoxy) is 2. The lowest BCUT2D eigenvalue weighted by Gasteiger charge is -2.20. The molecule has 6 nitrogen and oxygen atoms in total. The normalized spacial score (nSPS) is 26.6. The minimum absolute atomic E-state index is 0.0693. The van der Waals surface area contributed by atoms with Crippen LogP contribution in [0, 0.1) is 0 Å². The molecule has 2 bridgehead atoms. The number of carboxylic acids is 1. The fraction of sp³-hybridized carbons (Fsp3) is 0.467. The third-order valence-corrected chi connectivity index (χ3v) is 3.88. The maximum Gasteiger partial charge on any atom is 0.341 e. The summed E-state index contributed by atoms with van der Waals surface area (Å²) in [6.45, 7) is -0.425. The number of carboxylic acid groups (broad SMARTS) is 1. The third kappa shape index (κ3) is 3.16. The summed E-state index contributed by atoms with van der Waals surface area (Å²) in [5, 5.41) is 11.6. The molecular formula is C15H17NO5. The molecule has 2 aliphatic heterocycles. The summed E-state index contributed by atoms with van der Waals surface area (Å²) in [5.41, 5.74) is 0.459. The van der Waals surface area contributed by atoms with E-state index in [0.717, 1.165) is 19.3 Å². The van der Waals surface area contributed by atoms with Crippen LogP contribution in [-0.2, 0) is 9.53 Å². The molecule has 2 heterocycles. The summed E-state index contributed by atoms with van der Waals surface area (Å²) in [6, 6.07) is 6.59. The van der Waals surface area contributed by atoms with Crippen LogP contribution in [0.15, 0.2) is 24.3 Å². The van der Waals surface area contributed by atoms with E-state index in [1.807, 2.05) is 0 Å². The first-order chi connectivity index (χ1) is 10.1. The predicted octanol–water partition coefficient (Wildman–Crippen LogP) is 1.20. The molecule has 1 aromatic rings. The van der Waals surface area contributed by atoms with Gasteiger partial charge in [0.05, 0.1) is 18.2 Å². The number of nitrogens with one attached hydrogen (secondary N) is 1. The van der Waals surface area contributed by atoms with E-state index in [1.165, 1.54) is 0 Å². The largest absolute Gasteiger partial charge is 0.482 e. The molecule has 21 heavy (non-hydrogen) atoms. The Bertz CT molecular complexity index is 559. The topological polar surface area (TPSA) is 84.9 Å². The molecule has 2 saturated heterocycles. The Hall–Kier alpha value is -2.08. The Morgan fingerprint density at radius 2 is 2.24 bits per heavy atom. The van der Waals surface area contributed by atoms with Crippen molar-refractivity contribution < 1.29 is 24.2 Å². The van der Waals surface area contributed by atoms with Crippen molar-refractivity contribution in [2.75, 3.05) is 6.61 Å². The molecule has 0 aliphatic carbocycles. The van der Waals surface area contributed by atoms with E-state index in [0.29, 0.717) is 11.3 Å². The highest BCUT2D eigenvalue weighted by Gasteiger charge is 2.41. The maximum atomic E-state index is 12.2. The standard InChI is InChI=1S/C15H17NO5/c17-14(18)8-20-10-3-1-2-9(6-10)15(19)16-12-7-11-4-5-13(12)21-11/h1-3,6,11-13H,4-5,7-8H2,(H,16,19)(H,17,18)/t11-,12-,13+/m1/s1. The Morgan fingerprint density at radius 3 is 2.90 bits per heavy atom. The number of amides is 1. The van der Waals surface area contributed by atoms with Gasteiger partial charge in [0.1, 0.15) is 5.75 Å². The number of hydrogen-bond donors (Lipinski definition) is 2. The molecule has 2 aliphatic rings. The average molecular weight is 291 g/mol. The van der Waals surface area contributed by atoms with Crippen molar-refractivity contribution in [2.24, 2.45) is 0 Å². The van der Waals surface area contributed by atoms with E-state index < -0.39 is 12.6 Å². The van der Waals surface area contributed by atoms with Gasteiger partial charge in [-0.1, -0.05) is 6.07 Å². The van der Waals surface area contributed by atoms with Crippen LogP contribution in [-0.4, -0.2) is 41.8 Å². The second kappa shape index (κ2) is 5.73. The molecule has 3 rings (SSSR count). The van der Waals surface area contributed by atoms with E-state index in [2.05, 4.69) is 5.32 Å². The molecule has 0 spiro atoms. The van der Waals surface area contributed by atoms with Crippen molar-refractivity contribution in [3.8, 4) is 5.75 Å². The van der Waals surface area contributed by atoms with Crippen LogP contribution >= 0.6 is 0 Å². The summed E-state index contributed by atoms with van der Waals surface area (Å²) in [5.74, 6) is -0.866. The van der Waals surface area contributed by atoms with Crippen LogP contribution in [0.25, 0.3) is 0 Å². The van der Waals surface area contributed by atoms with Gasteiger partial charge in [-0.3, -0.25) is 4.79 Å². The first-order valence-electron chi connectivity index (χ1n) is 7.03. The van der Waals surface area contributed by atoms with Crippen molar-refractivity contribution in [1.82, 2.24) is 5.32 Å². The Balaban J connectivity index is 1.61. The van der Waals surface area contributed by atoms with Gasteiger partial charge in [0.2, 0.25) is 0 Å². The minimum Gasteiger partial charge on any atom is -0.482 e. The summed E-state index contributed by atoms with van der Waals surface area (Å²) < 4.78 is 10.8. The van der Waals surface area contributed by atoms with Crippen LogP contribution in [0.2, 0.25) is 0 Å². The van der Waals surface area contributed by atoms with E-state index in [9.17, 15) is 9.59 Å². The SMILES string of the molecule is O=C(O)COc1cccc(C(=O)N[C@@H]2C[C@H]3CC[C@@H]2O3)c1. The number of fused-ring (bicyclic) bond motifs is 2. The molecule has 6 heteroatoms.